The average Bonchev–Trinajstić information content (AvgIpc) is 2.74. The van der Waals surface area contributed by atoms with Gasteiger partial charge in [0.2, 0.25) is 5.91 Å². The summed E-state index contributed by atoms with van der Waals surface area (Å²) in [6.07, 6.45) is 10.3. The summed E-state index contributed by atoms with van der Waals surface area (Å²) in [7, 11) is 0. The molecular weight excluding hydrogens is 214 g/mol. The molecule has 0 bridgehead atoms. The predicted octanol–water partition coefficient (Wildman–Crippen LogP) is 2.77. The molecule has 1 saturated carbocycles. The summed E-state index contributed by atoms with van der Waals surface area (Å²) in [5, 5.41) is 12.9. The highest BCUT2D eigenvalue weighted by atomic mass is 16.3. The first-order chi connectivity index (χ1) is 8.16. The van der Waals surface area contributed by atoms with Crippen molar-refractivity contribution in [1.29, 1.82) is 0 Å². The number of unbranched alkanes of at least 4 members (excludes halogenated alkanes) is 4. The number of carbonyl (C=O) groups excluding carboxylic acids is 1. The van der Waals surface area contributed by atoms with Crippen LogP contribution in [0.1, 0.15) is 71.1 Å². The molecule has 0 saturated heterocycles. The number of rotatable bonds is 8. The number of amides is 1. The molecule has 17 heavy (non-hydrogen) atoms. The molecule has 0 atom stereocenters. The zero-order valence-electron chi connectivity index (χ0n) is 11.1. The van der Waals surface area contributed by atoms with E-state index in [0.29, 0.717) is 13.0 Å². The van der Waals surface area contributed by atoms with Crippen LogP contribution in [0.15, 0.2) is 0 Å². The van der Waals surface area contributed by atoms with Crippen LogP contribution < -0.4 is 5.32 Å². The third-order valence-electron chi connectivity index (χ3n) is 3.66. The third-order valence-corrected chi connectivity index (χ3v) is 3.66. The van der Waals surface area contributed by atoms with E-state index >= 15 is 0 Å². The minimum absolute atomic E-state index is 0.0989. The maximum atomic E-state index is 11.6. The lowest BCUT2D eigenvalue weighted by Crippen LogP contribution is -2.40. The van der Waals surface area contributed by atoms with Crippen molar-refractivity contribution in [2.24, 2.45) is 0 Å². The van der Waals surface area contributed by atoms with Crippen LogP contribution in [0, 0.1) is 0 Å². The first-order valence-electron chi connectivity index (χ1n) is 7.15. The fourth-order valence-electron chi connectivity index (χ4n) is 2.45. The third kappa shape index (κ3) is 6.06. The van der Waals surface area contributed by atoms with Gasteiger partial charge in [0.25, 0.3) is 0 Å². The van der Waals surface area contributed by atoms with E-state index < -0.39 is 5.60 Å². The second-order valence-electron chi connectivity index (χ2n) is 5.37. The van der Waals surface area contributed by atoms with Gasteiger partial charge >= 0.3 is 0 Å². The highest BCUT2D eigenvalue weighted by molar-refractivity contribution is 5.75. The molecular formula is C14H27NO2. The van der Waals surface area contributed by atoms with Gasteiger partial charge in [0, 0.05) is 13.0 Å². The number of hydrogen-bond acceptors (Lipinski definition) is 2. The van der Waals surface area contributed by atoms with Crippen LogP contribution in [0.2, 0.25) is 0 Å². The molecule has 0 aliphatic heterocycles. The van der Waals surface area contributed by atoms with E-state index in [0.717, 1.165) is 38.5 Å². The van der Waals surface area contributed by atoms with Gasteiger partial charge in [-0.2, -0.15) is 0 Å². The van der Waals surface area contributed by atoms with E-state index in [2.05, 4.69) is 12.2 Å². The van der Waals surface area contributed by atoms with E-state index in [4.69, 9.17) is 0 Å². The molecule has 0 spiro atoms. The second kappa shape index (κ2) is 7.70. The Kier molecular flexibility index (Phi) is 6.56. The molecule has 0 aromatic heterocycles. The lowest BCUT2D eigenvalue weighted by Gasteiger charge is -2.22. The number of carbonyl (C=O) groups is 1. The Hall–Kier alpha value is -0.570. The lowest BCUT2D eigenvalue weighted by molar-refractivity contribution is -0.122. The first kappa shape index (κ1) is 14.5. The SMILES string of the molecule is CCCCCCCC(=O)NCC1(O)CCCC1. The van der Waals surface area contributed by atoms with Crippen LogP contribution in [0.3, 0.4) is 0 Å². The summed E-state index contributed by atoms with van der Waals surface area (Å²) in [6, 6.07) is 0. The summed E-state index contributed by atoms with van der Waals surface area (Å²) in [5.41, 5.74) is -0.613. The summed E-state index contributed by atoms with van der Waals surface area (Å²) in [4.78, 5) is 11.6. The Morgan fingerprint density at radius 1 is 1.18 bits per heavy atom. The van der Waals surface area contributed by atoms with Crippen molar-refractivity contribution >= 4 is 5.91 Å². The van der Waals surface area contributed by atoms with Gasteiger partial charge in [0.05, 0.1) is 5.60 Å². The Morgan fingerprint density at radius 3 is 2.47 bits per heavy atom. The second-order valence-corrected chi connectivity index (χ2v) is 5.37. The van der Waals surface area contributed by atoms with Gasteiger partial charge in [-0.25, -0.2) is 0 Å². The zero-order valence-corrected chi connectivity index (χ0v) is 11.1. The Bertz CT molecular complexity index is 222. The van der Waals surface area contributed by atoms with Crippen molar-refractivity contribution in [2.45, 2.75) is 76.7 Å². The Balaban J connectivity index is 2.01. The summed E-state index contributed by atoms with van der Waals surface area (Å²) in [6.45, 7) is 2.63. The average molecular weight is 241 g/mol. The molecule has 0 unspecified atom stereocenters. The van der Waals surface area contributed by atoms with E-state index in [9.17, 15) is 9.90 Å². The standard InChI is InChI=1S/C14H27NO2/c1-2-3-4-5-6-9-13(16)15-12-14(17)10-7-8-11-14/h17H,2-12H2,1H3,(H,15,16). The van der Waals surface area contributed by atoms with Gasteiger partial charge in [0.1, 0.15) is 0 Å². The van der Waals surface area contributed by atoms with Gasteiger partial charge in [-0.15, -0.1) is 0 Å². The van der Waals surface area contributed by atoms with E-state index in [1.54, 1.807) is 0 Å². The molecule has 1 fully saturated rings. The Morgan fingerprint density at radius 2 is 1.82 bits per heavy atom. The normalized spacial score (nSPS) is 18.2. The van der Waals surface area contributed by atoms with Crippen molar-refractivity contribution in [3.05, 3.63) is 0 Å². The van der Waals surface area contributed by atoms with Gasteiger partial charge in [-0.1, -0.05) is 45.4 Å². The smallest absolute Gasteiger partial charge is 0.220 e. The molecule has 1 aliphatic carbocycles. The van der Waals surface area contributed by atoms with Crippen LogP contribution in [0.4, 0.5) is 0 Å². The van der Waals surface area contributed by atoms with Crippen molar-refractivity contribution < 1.29 is 9.90 Å². The fourth-order valence-corrected chi connectivity index (χ4v) is 2.45. The quantitative estimate of drug-likeness (QED) is 0.642. The zero-order chi connectivity index (χ0) is 12.6. The molecule has 100 valence electrons. The molecule has 1 rings (SSSR count). The summed E-state index contributed by atoms with van der Waals surface area (Å²) >= 11 is 0. The first-order valence-corrected chi connectivity index (χ1v) is 7.15. The predicted molar refractivity (Wildman–Crippen MR) is 69.8 cm³/mol. The van der Waals surface area contributed by atoms with Crippen LogP contribution in [0.25, 0.3) is 0 Å². The molecule has 0 heterocycles. The fraction of sp³-hybridized carbons (Fsp3) is 0.929. The van der Waals surface area contributed by atoms with Gasteiger partial charge in [-0.3, -0.25) is 4.79 Å². The molecule has 2 N–H and O–H groups in total. The van der Waals surface area contributed by atoms with Crippen molar-refractivity contribution in [2.75, 3.05) is 6.54 Å². The maximum Gasteiger partial charge on any atom is 0.220 e. The van der Waals surface area contributed by atoms with Crippen molar-refractivity contribution in [3.63, 3.8) is 0 Å². The molecule has 3 nitrogen and oxygen atoms in total. The topological polar surface area (TPSA) is 49.3 Å². The summed E-state index contributed by atoms with van der Waals surface area (Å²) < 4.78 is 0. The summed E-state index contributed by atoms with van der Waals surface area (Å²) in [5.74, 6) is 0.0989. The van der Waals surface area contributed by atoms with Gasteiger partial charge in [-0.05, 0) is 19.3 Å². The lowest BCUT2D eigenvalue weighted by atomic mass is 10.0. The highest BCUT2D eigenvalue weighted by Gasteiger charge is 2.31. The molecule has 1 aliphatic rings. The van der Waals surface area contributed by atoms with Crippen molar-refractivity contribution in [1.82, 2.24) is 5.32 Å². The highest BCUT2D eigenvalue weighted by Crippen LogP contribution is 2.28. The van der Waals surface area contributed by atoms with Crippen molar-refractivity contribution in [3.8, 4) is 0 Å². The minimum Gasteiger partial charge on any atom is -0.388 e. The maximum absolute atomic E-state index is 11.6. The van der Waals surface area contributed by atoms with Crippen LogP contribution >= 0.6 is 0 Å². The van der Waals surface area contributed by atoms with Gasteiger partial charge < -0.3 is 10.4 Å². The van der Waals surface area contributed by atoms with Gasteiger partial charge in [0.15, 0.2) is 0 Å². The Labute approximate surface area is 105 Å². The molecule has 0 aromatic rings. The largest absolute Gasteiger partial charge is 0.388 e. The number of aliphatic hydroxyl groups is 1. The van der Waals surface area contributed by atoms with E-state index in [-0.39, 0.29) is 5.91 Å². The molecule has 1 amide bonds. The monoisotopic (exact) mass is 241 g/mol. The van der Waals surface area contributed by atoms with E-state index in [1.807, 2.05) is 0 Å². The molecule has 3 heteroatoms. The van der Waals surface area contributed by atoms with Crippen LogP contribution in [0.5, 0.6) is 0 Å². The minimum atomic E-state index is -0.613. The molecule has 0 radical (unpaired) electrons. The van der Waals surface area contributed by atoms with E-state index in [1.165, 1.54) is 19.3 Å². The number of nitrogens with one attached hydrogen (secondary N) is 1. The molecule has 0 aromatic carbocycles. The van der Waals surface area contributed by atoms with Crippen LogP contribution in [-0.4, -0.2) is 23.2 Å². The number of hydrogen-bond donors (Lipinski definition) is 2. The van der Waals surface area contributed by atoms with Crippen LogP contribution in [-0.2, 0) is 4.79 Å².